The molecule has 172 valence electrons. The van der Waals surface area contributed by atoms with E-state index in [0.717, 1.165) is 58.3 Å². The molecule has 0 aliphatic carbocycles. The van der Waals surface area contributed by atoms with E-state index in [1.807, 2.05) is 53.6 Å². The third-order valence-electron chi connectivity index (χ3n) is 6.41. The standard InChI is InChI=1S/C28H27N3O3/c1-34-23-5-2-4-20(16-23)24-12-9-21(26-18-29-14-13-25(24)26)17-30-28(33)19-7-10-22(11-8-19)31-15-3-6-27(31)32/h2,4-5,7-14,16,18,27,32H,3,6,15,17H2,1H3,(H,30,33). The van der Waals surface area contributed by atoms with Crippen molar-refractivity contribution in [1.29, 1.82) is 0 Å². The molecule has 0 saturated carbocycles. The summed E-state index contributed by atoms with van der Waals surface area (Å²) in [6.07, 6.45) is 4.94. The van der Waals surface area contributed by atoms with E-state index in [9.17, 15) is 9.90 Å². The fourth-order valence-corrected chi connectivity index (χ4v) is 4.58. The second-order valence-electron chi connectivity index (χ2n) is 8.47. The predicted molar refractivity (Wildman–Crippen MR) is 134 cm³/mol. The Labute approximate surface area is 198 Å². The van der Waals surface area contributed by atoms with Gasteiger partial charge in [0.15, 0.2) is 0 Å². The second-order valence-corrected chi connectivity index (χ2v) is 8.47. The molecule has 1 fully saturated rings. The molecule has 5 rings (SSSR count). The Morgan fingerprint density at radius 3 is 2.74 bits per heavy atom. The Hall–Kier alpha value is -3.90. The summed E-state index contributed by atoms with van der Waals surface area (Å²) >= 11 is 0. The van der Waals surface area contributed by atoms with Crippen LogP contribution in [0.5, 0.6) is 5.75 Å². The van der Waals surface area contributed by atoms with E-state index < -0.39 is 6.23 Å². The van der Waals surface area contributed by atoms with Crippen molar-refractivity contribution >= 4 is 22.4 Å². The van der Waals surface area contributed by atoms with Crippen LogP contribution in [0.15, 0.2) is 79.1 Å². The molecule has 6 nitrogen and oxygen atoms in total. The molecule has 3 aromatic carbocycles. The zero-order valence-electron chi connectivity index (χ0n) is 19.1. The Kier molecular flexibility index (Phi) is 6.14. The van der Waals surface area contributed by atoms with Crippen LogP contribution in [0.1, 0.15) is 28.8 Å². The van der Waals surface area contributed by atoms with Crippen LogP contribution in [0, 0.1) is 0 Å². The fourth-order valence-electron chi connectivity index (χ4n) is 4.58. The van der Waals surface area contributed by atoms with Gasteiger partial charge in [0.05, 0.1) is 7.11 Å². The summed E-state index contributed by atoms with van der Waals surface area (Å²) < 4.78 is 5.39. The van der Waals surface area contributed by atoms with Crippen LogP contribution in [-0.2, 0) is 6.54 Å². The maximum absolute atomic E-state index is 12.8. The monoisotopic (exact) mass is 453 g/mol. The van der Waals surface area contributed by atoms with Crippen LogP contribution >= 0.6 is 0 Å². The van der Waals surface area contributed by atoms with E-state index in [1.165, 1.54) is 0 Å². The number of nitrogens with zero attached hydrogens (tertiary/aromatic N) is 2. The average molecular weight is 454 g/mol. The molecule has 1 unspecified atom stereocenters. The van der Waals surface area contributed by atoms with Gasteiger partial charge in [0.2, 0.25) is 0 Å². The van der Waals surface area contributed by atoms with E-state index in [4.69, 9.17) is 4.74 Å². The number of methoxy groups -OCH3 is 1. The van der Waals surface area contributed by atoms with Crippen LogP contribution < -0.4 is 15.0 Å². The van der Waals surface area contributed by atoms with Crippen LogP contribution in [0.3, 0.4) is 0 Å². The average Bonchev–Trinajstić information content (AvgIpc) is 3.33. The van der Waals surface area contributed by atoms with Crippen molar-refractivity contribution in [1.82, 2.24) is 10.3 Å². The van der Waals surface area contributed by atoms with Crippen molar-refractivity contribution in [3.63, 3.8) is 0 Å². The molecule has 1 aliphatic rings. The van der Waals surface area contributed by atoms with E-state index in [2.05, 4.69) is 22.4 Å². The maximum atomic E-state index is 12.8. The van der Waals surface area contributed by atoms with Crippen LogP contribution in [-0.4, -0.2) is 35.9 Å². The summed E-state index contributed by atoms with van der Waals surface area (Å²) in [6, 6.07) is 21.5. The lowest BCUT2D eigenvalue weighted by Gasteiger charge is -2.22. The number of hydrogen-bond donors (Lipinski definition) is 2. The smallest absolute Gasteiger partial charge is 0.251 e. The van der Waals surface area contributed by atoms with Crippen molar-refractivity contribution in [2.24, 2.45) is 0 Å². The van der Waals surface area contributed by atoms with E-state index in [0.29, 0.717) is 12.1 Å². The summed E-state index contributed by atoms with van der Waals surface area (Å²) in [5.41, 5.74) is 4.68. The van der Waals surface area contributed by atoms with Gasteiger partial charge in [-0.15, -0.1) is 0 Å². The molecule has 1 aromatic heterocycles. The summed E-state index contributed by atoms with van der Waals surface area (Å²) in [5.74, 6) is 0.670. The predicted octanol–water partition coefficient (Wildman–Crippen LogP) is 4.76. The fraction of sp³-hybridized carbons (Fsp3) is 0.214. The number of rotatable bonds is 6. The molecule has 34 heavy (non-hydrogen) atoms. The number of fused-ring (bicyclic) bond motifs is 1. The molecule has 1 saturated heterocycles. The van der Waals surface area contributed by atoms with Gasteiger partial charge in [0, 0.05) is 42.1 Å². The van der Waals surface area contributed by atoms with Gasteiger partial charge in [-0.1, -0.05) is 24.3 Å². The molecule has 1 amide bonds. The number of hydrogen-bond acceptors (Lipinski definition) is 5. The lowest BCUT2D eigenvalue weighted by molar-refractivity contribution is 0.0951. The third kappa shape index (κ3) is 4.32. The summed E-state index contributed by atoms with van der Waals surface area (Å²) in [5, 5.41) is 15.2. The van der Waals surface area contributed by atoms with Gasteiger partial charge < -0.3 is 20.1 Å². The van der Waals surface area contributed by atoms with Crippen LogP contribution in [0.2, 0.25) is 0 Å². The van der Waals surface area contributed by atoms with Gasteiger partial charge in [-0.2, -0.15) is 0 Å². The third-order valence-corrected chi connectivity index (χ3v) is 6.41. The van der Waals surface area contributed by atoms with Gasteiger partial charge in [0.25, 0.3) is 5.91 Å². The minimum Gasteiger partial charge on any atom is -0.497 e. The molecule has 1 aliphatic heterocycles. The summed E-state index contributed by atoms with van der Waals surface area (Å²) in [7, 11) is 1.66. The molecule has 6 heteroatoms. The van der Waals surface area contributed by atoms with Crippen molar-refractivity contribution < 1.29 is 14.6 Å². The number of carbonyl (C=O) groups excluding carboxylic acids is 1. The number of carbonyl (C=O) groups is 1. The summed E-state index contributed by atoms with van der Waals surface area (Å²) in [6.45, 7) is 1.23. The first-order chi connectivity index (χ1) is 16.6. The number of benzene rings is 3. The van der Waals surface area contributed by atoms with Crippen molar-refractivity contribution in [2.45, 2.75) is 25.6 Å². The maximum Gasteiger partial charge on any atom is 0.251 e. The lowest BCUT2D eigenvalue weighted by Crippen LogP contribution is -2.28. The first-order valence-corrected chi connectivity index (χ1v) is 11.5. The highest BCUT2D eigenvalue weighted by molar-refractivity contribution is 5.99. The second kappa shape index (κ2) is 9.53. The Morgan fingerprint density at radius 1 is 1.12 bits per heavy atom. The number of aliphatic hydroxyl groups excluding tert-OH is 1. The van der Waals surface area contributed by atoms with Gasteiger partial charge in [-0.25, -0.2) is 0 Å². The lowest BCUT2D eigenvalue weighted by atomic mass is 9.96. The topological polar surface area (TPSA) is 74.7 Å². The number of pyridine rings is 1. The highest BCUT2D eigenvalue weighted by Gasteiger charge is 2.22. The zero-order valence-corrected chi connectivity index (χ0v) is 19.1. The molecular formula is C28H27N3O3. The number of amides is 1. The Morgan fingerprint density at radius 2 is 1.97 bits per heavy atom. The molecular weight excluding hydrogens is 426 g/mol. The molecule has 4 aromatic rings. The Balaban J connectivity index is 1.35. The molecule has 2 heterocycles. The van der Waals surface area contributed by atoms with E-state index >= 15 is 0 Å². The molecule has 1 atom stereocenters. The van der Waals surface area contributed by atoms with Crippen molar-refractivity contribution in [2.75, 3.05) is 18.6 Å². The van der Waals surface area contributed by atoms with Crippen molar-refractivity contribution in [3.8, 4) is 16.9 Å². The van der Waals surface area contributed by atoms with E-state index in [-0.39, 0.29) is 5.91 Å². The minimum atomic E-state index is -0.443. The number of ether oxygens (including phenoxy) is 1. The zero-order chi connectivity index (χ0) is 23.5. The minimum absolute atomic E-state index is 0.137. The molecule has 0 bridgehead atoms. The number of anilines is 1. The highest BCUT2D eigenvalue weighted by Crippen LogP contribution is 2.32. The number of nitrogens with one attached hydrogen (secondary N) is 1. The van der Waals surface area contributed by atoms with Crippen LogP contribution in [0.4, 0.5) is 5.69 Å². The Bertz CT molecular complexity index is 1320. The quantitative estimate of drug-likeness (QED) is 0.440. The van der Waals surface area contributed by atoms with Gasteiger partial charge in [-0.3, -0.25) is 9.78 Å². The largest absolute Gasteiger partial charge is 0.497 e. The molecule has 2 N–H and O–H groups in total. The highest BCUT2D eigenvalue weighted by atomic mass is 16.5. The van der Waals surface area contributed by atoms with Crippen molar-refractivity contribution in [3.05, 3.63) is 90.3 Å². The molecule has 0 radical (unpaired) electrons. The van der Waals surface area contributed by atoms with Gasteiger partial charge in [-0.05, 0) is 77.4 Å². The normalized spacial score (nSPS) is 15.5. The molecule has 0 spiro atoms. The first kappa shape index (κ1) is 21.9. The van der Waals surface area contributed by atoms with Crippen LogP contribution in [0.25, 0.3) is 21.9 Å². The number of aliphatic hydroxyl groups is 1. The first-order valence-electron chi connectivity index (χ1n) is 11.5. The van der Waals surface area contributed by atoms with E-state index in [1.54, 1.807) is 25.4 Å². The van der Waals surface area contributed by atoms with Gasteiger partial charge in [0.1, 0.15) is 12.0 Å². The SMILES string of the molecule is COc1cccc(-c2ccc(CNC(=O)c3ccc(N4CCCC4O)cc3)c3cnccc23)c1. The van der Waals surface area contributed by atoms with Gasteiger partial charge >= 0.3 is 0 Å². The summed E-state index contributed by atoms with van der Waals surface area (Å²) in [4.78, 5) is 19.1. The number of aromatic nitrogens is 1.